The fraction of sp³-hybridized carbons (Fsp3) is 0.909. The number of carbonyl (C=O) groups is 1. The Morgan fingerprint density at radius 2 is 1.79 bits per heavy atom. The SMILES string of the molecule is CC(C)(C)OC(=O)C1(C)CCOCC1. The molecule has 0 spiro atoms. The standard InChI is InChI=1S/C11H20O3/c1-10(2,3)14-9(12)11(4)5-7-13-8-6-11/h5-8H2,1-4H3. The lowest BCUT2D eigenvalue weighted by Crippen LogP contribution is -2.39. The highest BCUT2D eigenvalue weighted by Crippen LogP contribution is 2.32. The molecule has 0 aromatic heterocycles. The molecule has 14 heavy (non-hydrogen) atoms. The van der Waals surface area contributed by atoms with Gasteiger partial charge in [0.1, 0.15) is 5.60 Å². The maximum absolute atomic E-state index is 11.9. The van der Waals surface area contributed by atoms with Crippen LogP contribution in [-0.2, 0) is 14.3 Å². The van der Waals surface area contributed by atoms with Crippen molar-refractivity contribution in [3.63, 3.8) is 0 Å². The van der Waals surface area contributed by atoms with Crippen LogP contribution >= 0.6 is 0 Å². The summed E-state index contributed by atoms with van der Waals surface area (Å²) in [6.45, 7) is 8.98. The Hall–Kier alpha value is -0.570. The predicted molar refractivity (Wildman–Crippen MR) is 54.0 cm³/mol. The van der Waals surface area contributed by atoms with Crippen LogP contribution in [-0.4, -0.2) is 24.8 Å². The fourth-order valence-corrected chi connectivity index (χ4v) is 1.43. The van der Waals surface area contributed by atoms with Crippen LogP contribution in [0, 0.1) is 5.41 Å². The molecule has 0 unspecified atom stereocenters. The molecule has 1 aliphatic rings. The second-order valence-corrected chi connectivity index (χ2v) is 5.17. The van der Waals surface area contributed by atoms with Crippen LogP contribution in [0.15, 0.2) is 0 Å². The lowest BCUT2D eigenvalue weighted by atomic mass is 9.82. The molecular weight excluding hydrogens is 180 g/mol. The number of hydrogen-bond donors (Lipinski definition) is 0. The minimum atomic E-state index is -0.390. The molecule has 0 bridgehead atoms. The highest BCUT2D eigenvalue weighted by atomic mass is 16.6. The maximum Gasteiger partial charge on any atom is 0.312 e. The monoisotopic (exact) mass is 200 g/mol. The molecule has 0 N–H and O–H groups in total. The molecule has 0 radical (unpaired) electrons. The summed E-state index contributed by atoms with van der Waals surface area (Å²) >= 11 is 0. The van der Waals surface area contributed by atoms with Gasteiger partial charge in [-0.05, 0) is 40.5 Å². The van der Waals surface area contributed by atoms with Crippen LogP contribution in [0.3, 0.4) is 0 Å². The Morgan fingerprint density at radius 3 is 2.21 bits per heavy atom. The van der Waals surface area contributed by atoms with Gasteiger partial charge in [-0.3, -0.25) is 4.79 Å². The van der Waals surface area contributed by atoms with Crippen molar-refractivity contribution in [3.05, 3.63) is 0 Å². The number of ether oxygens (including phenoxy) is 2. The summed E-state index contributed by atoms with van der Waals surface area (Å²) in [5, 5.41) is 0. The average molecular weight is 200 g/mol. The molecule has 0 aromatic rings. The van der Waals surface area contributed by atoms with Gasteiger partial charge < -0.3 is 9.47 Å². The van der Waals surface area contributed by atoms with Gasteiger partial charge in [0.25, 0.3) is 0 Å². The van der Waals surface area contributed by atoms with Crippen molar-refractivity contribution in [1.82, 2.24) is 0 Å². The summed E-state index contributed by atoms with van der Waals surface area (Å²) in [7, 11) is 0. The van der Waals surface area contributed by atoms with E-state index in [1.807, 2.05) is 27.7 Å². The van der Waals surface area contributed by atoms with Crippen LogP contribution < -0.4 is 0 Å². The minimum absolute atomic E-state index is 0.0895. The molecule has 1 rings (SSSR count). The first-order valence-electron chi connectivity index (χ1n) is 5.15. The fourth-order valence-electron chi connectivity index (χ4n) is 1.43. The summed E-state index contributed by atoms with van der Waals surface area (Å²) in [4.78, 5) is 11.9. The van der Waals surface area contributed by atoms with Gasteiger partial charge in [0, 0.05) is 13.2 Å². The number of esters is 1. The quantitative estimate of drug-likeness (QED) is 0.608. The Morgan fingerprint density at radius 1 is 1.29 bits per heavy atom. The smallest absolute Gasteiger partial charge is 0.312 e. The molecular formula is C11H20O3. The molecule has 0 amide bonds. The molecule has 0 aliphatic carbocycles. The van der Waals surface area contributed by atoms with Crippen molar-refractivity contribution in [2.24, 2.45) is 5.41 Å². The van der Waals surface area contributed by atoms with Crippen molar-refractivity contribution in [1.29, 1.82) is 0 Å². The zero-order valence-corrected chi connectivity index (χ0v) is 9.55. The molecule has 3 heteroatoms. The van der Waals surface area contributed by atoms with E-state index in [1.54, 1.807) is 0 Å². The van der Waals surface area contributed by atoms with E-state index >= 15 is 0 Å². The van der Waals surface area contributed by atoms with Crippen molar-refractivity contribution < 1.29 is 14.3 Å². The number of hydrogen-bond acceptors (Lipinski definition) is 3. The minimum Gasteiger partial charge on any atom is -0.460 e. The van der Waals surface area contributed by atoms with Crippen LogP contribution in [0.2, 0.25) is 0 Å². The zero-order chi connectivity index (χ0) is 10.8. The molecule has 0 aromatic carbocycles. The second-order valence-electron chi connectivity index (χ2n) is 5.17. The first kappa shape index (κ1) is 11.5. The molecule has 82 valence electrons. The lowest BCUT2D eigenvalue weighted by molar-refractivity contribution is -0.171. The van der Waals surface area contributed by atoms with E-state index in [0.29, 0.717) is 13.2 Å². The largest absolute Gasteiger partial charge is 0.460 e. The Labute approximate surface area is 85.8 Å². The first-order valence-corrected chi connectivity index (χ1v) is 5.15. The van der Waals surface area contributed by atoms with Gasteiger partial charge in [0.15, 0.2) is 0 Å². The van der Waals surface area contributed by atoms with Gasteiger partial charge in [-0.1, -0.05) is 0 Å². The Balaban J connectivity index is 2.58. The molecule has 1 saturated heterocycles. The van der Waals surface area contributed by atoms with Crippen LogP contribution in [0.4, 0.5) is 0 Å². The molecule has 3 nitrogen and oxygen atoms in total. The van der Waals surface area contributed by atoms with Crippen LogP contribution in [0.5, 0.6) is 0 Å². The van der Waals surface area contributed by atoms with Crippen LogP contribution in [0.25, 0.3) is 0 Å². The highest BCUT2D eigenvalue weighted by Gasteiger charge is 2.38. The van der Waals surface area contributed by atoms with Crippen LogP contribution in [0.1, 0.15) is 40.5 Å². The third kappa shape index (κ3) is 2.98. The van der Waals surface area contributed by atoms with Crippen molar-refractivity contribution in [2.45, 2.75) is 46.1 Å². The summed E-state index contributed by atoms with van der Waals surface area (Å²) in [6.07, 6.45) is 1.53. The molecule has 1 aliphatic heterocycles. The van der Waals surface area contributed by atoms with Gasteiger partial charge >= 0.3 is 5.97 Å². The van der Waals surface area contributed by atoms with Crippen molar-refractivity contribution in [3.8, 4) is 0 Å². The van der Waals surface area contributed by atoms with Crippen molar-refractivity contribution >= 4 is 5.97 Å². The first-order chi connectivity index (χ1) is 6.33. The van der Waals surface area contributed by atoms with E-state index < -0.39 is 5.60 Å². The molecule has 0 saturated carbocycles. The van der Waals surface area contributed by atoms with Crippen molar-refractivity contribution in [2.75, 3.05) is 13.2 Å². The topological polar surface area (TPSA) is 35.5 Å². The van der Waals surface area contributed by atoms with E-state index in [1.165, 1.54) is 0 Å². The lowest BCUT2D eigenvalue weighted by Gasteiger charge is -2.34. The highest BCUT2D eigenvalue weighted by molar-refractivity contribution is 5.76. The molecule has 1 fully saturated rings. The predicted octanol–water partition coefficient (Wildman–Crippen LogP) is 2.14. The average Bonchev–Trinajstić information content (AvgIpc) is 2.02. The van der Waals surface area contributed by atoms with E-state index in [0.717, 1.165) is 12.8 Å². The van der Waals surface area contributed by atoms with E-state index in [-0.39, 0.29) is 11.4 Å². The third-order valence-corrected chi connectivity index (χ3v) is 2.49. The van der Waals surface area contributed by atoms with E-state index in [4.69, 9.17) is 9.47 Å². The summed E-state index contributed by atoms with van der Waals surface area (Å²) in [6, 6.07) is 0. The van der Waals surface area contributed by atoms with Gasteiger partial charge in [0.05, 0.1) is 5.41 Å². The zero-order valence-electron chi connectivity index (χ0n) is 9.55. The Bertz CT molecular complexity index is 209. The summed E-state index contributed by atoms with van der Waals surface area (Å²) in [5.41, 5.74) is -0.732. The van der Waals surface area contributed by atoms with Gasteiger partial charge in [-0.15, -0.1) is 0 Å². The molecule has 0 atom stereocenters. The van der Waals surface area contributed by atoms with E-state index in [9.17, 15) is 4.79 Å². The van der Waals surface area contributed by atoms with E-state index in [2.05, 4.69) is 0 Å². The summed E-state index contributed by atoms with van der Waals surface area (Å²) in [5.74, 6) is -0.0895. The van der Waals surface area contributed by atoms with Gasteiger partial charge in [-0.25, -0.2) is 0 Å². The number of carbonyl (C=O) groups excluding carboxylic acids is 1. The normalized spacial score (nSPS) is 21.7. The van der Waals surface area contributed by atoms with Gasteiger partial charge in [-0.2, -0.15) is 0 Å². The maximum atomic E-state index is 11.9. The number of rotatable bonds is 1. The Kier molecular flexibility index (Phi) is 3.20. The second kappa shape index (κ2) is 3.89. The van der Waals surface area contributed by atoms with Gasteiger partial charge in [0.2, 0.25) is 0 Å². The third-order valence-electron chi connectivity index (χ3n) is 2.49. The summed E-state index contributed by atoms with van der Waals surface area (Å²) < 4.78 is 10.6. The molecule has 1 heterocycles.